The molecule has 0 aromatic rings. The molecule has 0 unspecified atom stereocenters. The highest BCUT2D eigenvalue weighted by Crippen LogP contribution is 2.22. The van der Waals surface area contributed by atoms with Crippen molar-refractivity contribution in [2.75, 3.05) is 13.2 Å². The van der Waals surface area contributed by atoms with E-state index in [1.807, 2.05) is 0 Å². The normalized spacial score (nSPS) is 13.7. The monoisotopic (exact) mass is 559 g/mol. The molecule has 7 nitrogen and oxygen atoms in total. The fourth-order valence-electron chi connectivity index (χ4n) is 3.28. The summed E-state index contributed by atoms with van der Waals surface area (Å²) in [5.74, 6) is -1.42. The second-order valence-corrected chi connectivity index (χ2v) is 11.3. The summed E-state index contributed by atoms with van der Waals surface area (Å²) in [6.07, 6.45) is 26.6. The number of aliphatic hydroxyl groups excluding tert-OH is 1. The van der Waals surface area contributed by atoms with E-state index in [1.54, 1.807) is 34.6 Å². The van der Waals surface area contributed by atoms with Crippen LogP contribution in [0, 0.1) is 5.41 Å². The minimum atomic E-state index is -1.39. The Labute approximate surface area is 242 Å². The third-order valence-electron chi connectivity index (χ3n) is 5.55. The quantitative estimate of drug-likeness (QED) is 0.0979. The van der Waals surface area contributed by atoms with Crippen LogP contribution in [0.2, 0.25) is 0 Å². The zero-order chi connectivity index (χ0) is 30.3. The first-order valence-corrected chi connectivity index (χ1v) is 14.5. The number of aliphatic hydroxyl groups is 1. The summed E-state index contributed by atoms with van der Waals surface area (Å²) in [5.41, 5.74) is -1.57. The van der Waals surface area contributed by atoms with Crippen LogP contribution < -0.4 is 5.32 Å². The van der Waals surface area contributed by atoms with Gasteiger partial charge >= 0.3 is 11.9 Å². The molecule has 0 fully saturated rings. The summed E-state index contributed by atoms with van der Waals surface area (Å²) in [6.45, 7) is 10.7. The summed E-state index contributed by atoms with van der Waals surface area (Å²) in [5, 5.41) is 12.9. The zero-order valence-corrected chi connectivity index (χ0v) is 25.6. The number of ether oxygens (including phenoxy) is 2. The van der Waals surface area contributed by atoms with Gasteiger partial charge in [-0.3, -0.25) is 14.4 Å². The molecule has 226 valence electrons. The first-order chi connectivity index (χ1) is 18.9. The van der Waals surface area contributed by atoms with E-state index < -0.39 is 29.0 Å². The number of rotatable bonds is 20. The second-order valence-electron chi connectivity index (χ2n) is 11.3. The Morgan fingerprint density at radius 1 is 0.750 bits per heavy atom. The van der Waals surface area contributed by atoms with Crippen LogP contribution in [-0.4, -0.2) is 47.8 Å². The number of hydrogen-bond acceptors (Lipinski definition) is 6. The Morgan fingerprint density at radius 2 is 1.25 bits per heavy atom. The van der Waals surface area contributed by atoms with Gasteiger partial charge in [0.25, 0.3) is 0 Å². The molecule has 0 radical (unpaired) electrons. The molecule has 0 saturated heterocycles. The van der Waals surface area contributed by atoms with Crippen molar-refractivity contribution in [3.05, 3.63) is 60.8 Å². The first-order valence-electron chi connectivity index (χ1n) is 14.5. The molecule has 0 aliphatic carbocycles. The third-order valence-corrected chi connectivity index (χ3v) is 5.55. The van der Waals surface area contributed by atoms with E-state index in [0.717, 1.165) is 38.5 Å². The molecular weight excluding hydrogens is 506 g/mol. The van der Waals surface area contributed by atoms with E-state index in [1.165, 1.54) is 0 Å². The average Bonchev–Trinajstić information content (AvgIpc) is 2.87. The second kappa shape index (κ2) is 21.8. The lowest BCUT2D eigenvalue weighted by atomic mass is 9.87. The van der Waals surface area contributed by atoms with Gasteiger partial charge in [0, 0.05) is 18.4 Å². The van der Waals surface area contributed by atoms with Crippen LogP contribution in [0.1, 0.15) is 99.3 Å². The van der Waals surface area contributed by atoms with E-state index in [9.17, 15) is 19.5 Å². The SMILES string of the molecule is CC/C=C\C/C=C\C/C=C\C/C=C\C/C=C\CCCC(=O)OCC(C)(C)[C@@H](O)C(=O)NCCC(=O)OC(C)(C)C. The van der Waals surface area contributed by atoms with Crippen LogP contribution in [0.15, 0.2) is 60.8 Å². The van der Waals surface area contributed by atoms with Gasteiger partial charge in [0.2, 0.25) is 5.91 Å². The Kier molecular flexibility index (Phi) is 20.2. The van der Waals surface area contributed by atoms with Crippen molar-refractivity contribution < 1.29 is 29.0 Å². The maximum atomic E-state index is 12.3. The molecule has 0 heterocycles. The number of unbranched alkanes of at least 4 members (excludes halogenated alkanes) is 1. The first kappa shape index (κ1) is 37.1. The zero-order valence-electron chi connectivity index (χ0n) is 25.6. The lowest BCUT2D eigenvalue weighted by molar-refractivity contribution is -0.156. The van der Waals surface area contributed by atoms with E-state index in [4.69, 9.17) is 9.47 Å². The van der Waals surface area contributed by atoms with E-state index in [2.05, 4.69) is 73.0 Å². The number of amides is 1. The summed E-state index contributed by atoms with van der Waals surface area (Å²) in [4.78, 5) is 36.1. The highest BCUT2D eigenvalue weighted by molar-refractivity contribution is 5.82. The van der Waals surface area contributed by atoms with Gasteiger partial charge in [-0.2, -0.15) is 0 Å². The molecule has 0 saturated carbocycles. The van der Waals surface area contributed by atoms with Gasteiger partial charge in [0.15, 0.2) is 0 Å². The standard InChI is InChI=1S/C33H53NO6/c1-7-8-9-10-11-12-13-14-15-16-17-18-19-20-21-22-23-24-28(35)39-27-33(5,6)30(37)31(38)34-26-25-29(36)40-32(2,3)4/h8-9,11-12,14-15,17-18,20-21,30,37H,7,10,13,16,19,22-27H2,1-6H3,(H,34,38)/b9-8-,12-11-,15-14-,18-17-,21-20-/t30-/m0/s1. The summed E-state index contributed by atoms with van der Waals surface area (Å²) >= 11 is 0. The van der Waals surface area contributed by atoms with Gasteiger partial charge in [0.05, 0.1) is 13.0 Å². The van der Waals surface area contributed by atoms with Crippen molar-refractivity contribution in [3.63, 3.8) is 0 Å². The van der Waals surface area contributed by atoms with Crippen LogP contribution >= 0.6 is 0 Å². The Hall–Kier alpha value is -2.93. The molecule has 0 rings (SSSR count). The van der Waals surface area contributed by atoms with Gasteiger partial charge in [-0.15, -0.1) is 0 Å². The van der Waals surface area contributed by atoms with Crippen molar-refractivity contribution in [1.29, 1.82) is 0 Å². The molecular formula is C33H53NO6. The molecule has 0 aliphatic heterocycles. The summed E-state index contributed by atoms with van der Waals surface area (Å²) in [7, 11) is 0. The average molecular weight is 560 g/mol. The molecule has 0 aromatic carbocycles. The van der Waals surface area contributed by atoms with Crippen LogP contribution in [0.25, 0.3) is 0 Å². The Morgan fingerprint density at radius 3 is 1.75 bits per heavy atom. The molecule has 1 amide bonds. The van der Waals surface area contributed by atoms with Crippen molar-refractivity contribution >= 4 is 17.8 Å². The topological polar surface area (TPSA) is 102 Å². The maximum Gasteiger partial charge on any atom is 0.308 e. The Balaban J connectivity index is 4.03. The maximum absolute atomic E-state index is 12.3. The summed E-state index contributed by atoms with van der Waals surface area (Å²) < 4.78 is 10.5. The number of carbonyl (C=O) groups is 3. The van der Waals surface area contributed by atoms with Crippen molar-refractivity contribution in [3.8, 4) is 0 Å². The third kappa shape index (κ3) is 21.9. The smallest absolute Gasteiger partial charge is 0.308 e. The minimum Gasteiger partial charge on any atom is -0.465 e. The van der Waals surface area contributed by atoms with Gasteiger partial charge in [-0.1, -0.05) is 81.5 Å². The van der Waals surface area contributed by atoms with Gasteiger partial charge in [-0.25, -0.2) is 0 Å². The highest BCUT2D eigenvalue weighted by Gasteiger charge is 2.35. The van der Waals surface area contributed by atoms with Crippen molar-refractivity contribution in [2.24, 2.45) is 5.41 Å². The fourth-order valence-corrected chi connectivity index (χ4v) is 3.28. The summed E-state index contributed by atoms with van der Waals surface area (Å²) in [6, 6.07) is 0. The molecule has 0 aromatic heterocycles. The van der Waals surface area contributed by atoms with Crippen LogP contribution in [-0.2, 0) is 23.9 Å². The molecule has 7 heteroatoms. The molecule has 1 atom stereocenters. The molecule has 2 N–H and O–H groups in total. The van der Waals surface area contributed by atoms with Crippen LogP contribution in [0.4, 0.5) is 0 Å². The largest absolute Gasteiger partial charge is 0.465 e. The lowest BCUT2D eigenvalue weighted by Crippen LogP contribution is -2.46. The number of carbonyl (C=O) groups excluding carboxylic acids is 3. The Bertz CT molecular complexity index is 874. The van der Waals surface area contributed by atoms with Crippen molar-refractivity contribution in [1.82, 2.24) is 5.32 Å². The number of nitrogens with one attached hydrogen (secondary N) is 1. The van der Waals surface area contributed by atoms with Crippen LogP contribution in [0.5, 0.6) is 0 Å². The molecule has 0 aliphatic rings. The predicted molar refractivity (Wildman–Crippen MR) is 163 cm³/mol. The van der Waals surface area contributed by atoms with E-state index in [-0.39, 0.29) is 32.0 Å². The molecule has 0 spiro atoms. The number of hydrogen-bond donors (Lipinski definition) is 2. The van der Waals surface area contributed by atoms with Gasteiger partial charge in [-0.05, 0) is 65.7 Å². The van der Waals surface area contributed by atoms with Gasteiger partial charge in [0.1, 0.15) is 11.7 Å². The van der Waals surface area contributed by atoms with E-state index in [0.29, 0.717) is 6.42 Å². The number of esters is 2. The van der Waals surface area contributed by atoms with Crippen molar-refractivity contribution in [2.45, 2.75) is 111 Å². The van der Waals surface area contributed by atoms with Crippen LogP contribution in [0.3, 0.4) is 0 Å². The molecule has 40 heavy (non-hydrogen) atoms. The predicted octanol–water partition coefficient (Wildman–Crippen LogP) is 6.69. The molecule has 0 bridgehead atoms. The highest BCUT2D eigenvalue weighted by atomic mass is 16.6. The number of allylic oxidation sites excluding steroid dienone is 10. The lowest BCUT2D eigenvalue weighted by Gasteiger charge is -2.29. The van der Waals surface area contributed by atoms with E-state index >= 15 is 0 Å². The van der Waals surface area contributed by atoms with Gasteiger partial charge < -0.3 is 19.9 Å². The fraction of sp³-hybridized carbons (Fsp3) is 0.606. The minimum absolute atomic E-state index is 0.00301.